The van der Waals surface area contributed by atoms with Crippen molar-refractivity contribution in [1.29, 1.82) is 0 Å². The molecule has 3 aromatic carbocycles. The van der Waals surface area contributed by atoms with Gasteiger partial charge >= 0.3 is 6.11 Å². The zero-order valence-electron chi connectivity index (χ0n) is 20.0. The van der Waals surface area contributed by atoms with Gasteiger partial charge in [0.05, 0.1) is 0 Å². The molecule has 1 aliphatic rings. The standard InChI is InChI=1S/C28H21F9O/c1-2-3-16-8-9-18(24(32)23(16)31)14-4-6-15(7-5-14)19-10-11-20(26(34)25(19)33)28(36,37)38-17-12-21(29)27(35)22(30)13-17/h4,8-13,15H,2-3,5-7H2,1H3. The van der Waals surface area contributed by atoms with E-state index < -0.39 is 64.1 Å². The van der Waals surface area contributed by atoms with E-state index in [2.05, 4.69) is 4.74 Å². The van der Waals surface area contributed by atoms with E-state index in [0.29, 0.717) is 24.5 Å². The summed E-state index contributed by atoms with van der Waals surface area (Å²) in [6, 6.07) is 4.81. The van der Waals surface area contributed by atoms with Crippen molar-refractivity contribution < 1.29 is 44.3 Å². The van der Waals surface area contributed by atoms with Crippen LogP contribution in [-0.2, 0) is 12.5 Å². The predicted octanol–water partition coefficient (Wildman–Crippen LogP) is 9.09. The molecule has 0 N–H and O–H groups in total. The number of aryl methyl sites for hydroxylation is 1. The number of ether oxygens (including phenoxy) is 1. The van der Waals surface area contributed by atoms with Crippen LogP contribution in [-0.4, -0.2) is 0 Å². The second kappa shape index (κ2) is 10.7. The third-order valence-electron chi connectivity index (χ3n) is 6.51. The van der Waals surface area contributed by atoms with Crippen LogP contribution in [0, 0.1) is 40.7 Å². The van der Waals surface area contributed by atoms with Crippen molar-refractivity contribution >= 4 is 5.57 Å². The molecule has 0 radical (unpaired) electrons. The molecule has 0 saturated carbocycles. The minimum Gasteiger partial charge on any atom is -0.429 e. The summed E-state index contributed by atoms with van der Waals surface area (Å²) >= 11 is 0. The van der Waals surface area contributed by atoms with Gasteiger partial charge in [-0.3, -0.25) is 0 Å². The fourth-order valence-corrected chi connectivity index (χ4v) is 4.56. The fourth-order valence-electron chi connectivity index (χ4n) is 4.56. The number of alkyl halides is 2. The minimum atomic E-state index is -4.55. The van der Waals surface area contributed by atoms with Gasteiger partial charge in [0.25, 0.3) is 0 Å². The molecule has 0 aromatic heterocycles. The molecule has 0 bridgehead atoms. The first-order chi connectivity index (χ1) is 17.9. The summed E-state index contributed by atoms with van der Waals surface area (Å²) in [4.78, 5) is 0. The number of benzene rings is 3. The topological polar surface area (TPSA) is 9.23 Å². The lowest BCUT2D eigenvalue weighted by atomic mass is 9.82. The average Bonchev–Trinajstić information content (AvgIpc) is 2.87. The zero-order chi connectivity index (χ0) is 27.8. The molecule has 38 heavy (non-hydrogen) atoms. The van der Waals surface area contributed by atoms with E-state index in [-0.39, 0.29) is 48.1 Å². The monoisotopic (exact) mass is 544 g/mol. The summed E-state index contributed by atoms with van der Waals surface area (Å²) in [6.07, 6.45) is -1.42. The Morgan fingerprint density at radius 1 is 0.816 bits per heavy atom. The first-order valence-corrected chi connectivity index (χ1v) is 11.8. The minimum absolute atomic E-state index is 0.0771. The highest BCUT2D eigenvalue weighted by molar-refractivity contribution is 5.67. The SMILES string of the molecule is CCCc1ccc(C2=CCC(c3ccc(C(F)(F)Oc4cc(F)c(F)c(F)c4)c(F)c3F)CC2)c(F)c1F. The molecule has 3 aromatic rings. The summed E-state index contributed by atoms with van der Waals surface area (Å²) in [5, 5.41) is 0. The third kappa shape index (κ3) is 5.26. The summed E-state index contributed by atoms with van der Waals surface area (Å²) in [6.45, 7) is 1.84. The molecule has 0 saturated heterocycles. The Balaban J connectivity index is 1.55. The molecule has 10 heteroatoms. The highest BCUT2D eigenvalue weighted by Gasteiger charge is 2.40. The van der Waals surface area contributed by atoms with Gasteiger partial charge in [0, 0.05) is 17.7 Å². The maximum absolute atomic E-state index is 14.9. The molecular weight excluding hydrogens is 523 g/mol. The van der Waals surface area contributed by atoms with Crippen LogP contribution in [0.3, 0.4) is 0 Å². The van der Waals surface area contributed by atoms with Crippen LogP contribution in [0.25, 0.3) is 5.57 Å². The van der Waals surface area contributed by atoms with Gasteiger partial charge in [-0.1, -0.05) is 37.6 Å². The Labute approximate surface area is 212 Å². The summed E-state index contributed by atoms with van der Waals surface area (Å²) in [7, 11) is 0. The van der Waals surface area contributed by atoms with Gasteiger partial charge in [0.15, 0.2) is 40.7 Å². The molecule has 0 aliphatic heterocycles. The molecule has 4 rings (SSSR count). The first kappa shape index (κ1) is 27.6. The Morgan fingerprint density at radius 2 is 1.50 bits per heavy atom. The predicted molar refractivity (Wildman–Crippen MR) is 122 cm³/mol. The average molecular weight is 544 g/mol. The molecular formula is C28H21F9O. The third-order valence-corrected chi connectivity index (χ3v) is 6.51. The molecule has 1 atom stereocenters. The van der Waals surface area contributed by atoms with E-state index in [1.54, 1.807) is 6.08 Å². The molecule has 0 spiro atoms. The van der Waals surface area contributed by atoms with E-state index in [9.17, 15) is 39.5 Å². The van der Waals surface area contributed by atoms with Crippen molar-refractivity contribution in [3.05, 3.63) is 105 Å². The number of rotatable bonds is 7. The van der Waals surface area contributed by atoms with Crippen LogP contribution < -0.4 is 4.74 Å². The Bertz CT molecular complexity index is 1370. The van der Waals surface area contributed by atoms with Crippen molar-refractivity contribution in [3.63, 3.8) is 0 Å². The van der Waals surface area contributed by atoms with Gasteiger partial charge in [0.2, 0.25) is 0 Å². The van der Waals surface area contributed by atoms with Crippen molar-refractivity contribution in [3.8, 4) is 5.75 Å². The number of hydrogen-bond donors (Lipinski definition) is 0. The quantitative estimate of drug-likeness (QED) is 0.213. The van der Waals surface area contributed by atoms with Crippen molar-refractivity contribution in [2.75, 3.05) is 0 Å². The largest absolute Gasteiger partial charge is 0.429 e. The summed E-state index contributed by atoms with van der Waals surface area (Å²) in [5.74, 6) is -12.7. The van der Waals surface area contributed by atoms with E-state index in [0.717, 1.165) is 6.07 Å². The van der Waals surface area contributed by atoms with E-state index in [1.165, 1.54) is 12.1 Å². The van der Waals surface area contributed by atoms with E-state index in [1.807, 2.05) is 6.92 Å². The summed E-state index contributed by atoms with van der Waals surface area (Å²) < 4.78 is 132. The molecule has 1 unspecified atom stereocenters. The molecule has 0 amide bonds. The van der Waals surface area contributed by atoms with Crippen LogP contribution in [0.15, 0.2) is 42.5 Å². The molecule has 0 heterocycles. The second-order valence-electron chi connectivity index (χ2n) is 9.00. The van der Waals surface area contributed by atoms with Crippen LogP contribution in [0.1, 0.15) is 60.8 Å². The zero-order valence-corrected chi connectivity index (χ0v) is 20.0. The van der Waals surface area contributed by atoms with Crippen LogP contribution >= 0.6 is 0 Å². The lowest BCUT2D eigenvalue weighted by Gasteiger charge is -2.25. The van der Waals surface area contributed by atoms with Gasteiger partial charge in [0.1, 0.15) is 11.3 Å². The van der Waals surface area contributed by atoms with Crippen molar-refractivity contribution in [2.24, 2.45) is 0 Å². The lowest BCUT2D eigenvalue weighted by Crippen LogP contribution is -2.25. The van der Waals surface area contributed by atoms with Gasteiger partial charge in [-0.05, 0) is 54.4 Å². The Hall–Kier alpha value is -3.43. The first-order valence-electron chi connectivity index (χ1n) is 11.8. The Kier molecular flexibility index (Phi) is 7.80. The smallest absolute Gasteiger partial charge is 0.429 e. The highest BCUT2D eigenvalue weighted by Crippen LogP contribution is 2.41. The lowest BCUT2D eigenvalue weighted by molar-refractivity contribution is -0.188. The van der Waals surface area contributed by atoms with Gasteiger partial charge < -0.3 is 4.74 Å². The van der Waals surface area contributed by atoms with Gasteiger partial charge in [-0.15, -0.1) is 0 Å². The van der Waals surface area contributed by atoms with Gasteiger partial charge in [-0.25, -0.2) is 30.7 Å². The van der Waals surface area contributed by atoms with E-state index in [4.69, 9.17) is 0 Å². The molecule has 0 fully saturated rings. The van der Waals surface area contributed by atoms with Crippen LogP contribution in [0.2, 0.25) is 0 Å². The van der Waals surface area contributed by atoms with Crippen molar-refractivity contribution in [1.82, 2.24) is 0 Å². The second-order valence-corrected chi connectivity index (χ2v) is 9.00. The number of halogens is 9. The normalized spacial score (nSPS) is 15.9. The number of allylic oxidation sites excluding steroid dienone is 2. The molecule has 1 aliphatic carbocycles. The van der Waals surface area contributed by atoms with Crippen molar-refractivity contribution in [2.45, 2.75) is 51.1 Å². The van der Waals surface area contributed by atoms with Crippen LogP contribution in [0.4, 0.5) is 39.5 Å². The highest BCUT2D eigenvalue weighted by atomic mass is 19.3. The fraction of sp³-hybridized carbons (Fsp3) is 0.286. The van der Waals surface area contributed by atoms with Gasteiger partial charge in [-0.2, -0.15) is 8.78 Å². The molecule has 1 nitrogen and oxygen atoms in total. The Morgan fingerprint density at radius 3 is 2.11 bits per heavy atom. The van der Waals surface area contributed by atoms with E-state index >= 15 is 0 Å². The maximum atomic E-state index is 14.9. The summed E-state index contributed by atoms with van der Waals surface area (Å²) in [5.41, 5.74) is -0.900. The molecule has 202 valence electrons. The maximum Gasteiger partial charge on any atom is 0.429 e. The number of hydrogen-bond acceptors (Lipinski definition) is 1. The van der Waals surface area contributed by atoms with Crippen LogP contribution in [0.5, 0.6) is 5.75 Å².